The van der Waals surface area contributed by atoms with Gasteiger partial charge in [0, 0.05) is 12.6 Å². The molecule has 2 aromatic heterocycles. The summed E-state index contributed by atoms with van der Waals surface area (Å²) in [5.74, 6) is -0.216. The summed E-state index contributed by atoms with van der Waals surface area (Å²) in [6.07, 6.45) is 2.12. The molecule has 0 fully saturated rings. The molecule has 0 saturated heterocycles. The van der Waals surface area contributed by atoms with Gasteiger partial charge in [-0.05, 0) is 23.8 Å². The second-order valence-electron chi connectivity index (χ2n) is 4.20. The van der Waals surface area contributed by atoms with Gasteiger partial charge in [-0.3, -0.25) is 0 Å². The first-order valence-electron chi connectivity index (χ1n) is 5.85. The number of imidazole rings is 1. The van der Waals surface area contributed by atoms with Crippen molar-refractivity contribution in [3.8, 4) is 0 Å². The van der Waals surface area contributed by atoms with Crippen LogP contribution in [0.25, 0.3) is 11.2 Å². The Hall–Kier alpha value is -2.69. The third kappa shape index (κ3) is 2.18. The number of hydrogen-bond donors (Lipinski definition) is 2. The van der Waals surface area contributed by atoms with Crippen LogP contribution < -0.4 is 0 Å². The molecular formula is C14H11N3O2. The predicted molar refractivity (Wildman–Crippen MR) is 70.1 cm³/mol. The molecule has 19 heavy (non-hydrogen) atoms. The minimum Gasteiger partial charge on any atom is -0.478 e. The summed E-state index contributed by atoms with van der Waals surface area (Å²) in [6.45, 7) is 0. The Balaban J connectivity index is 1.99. The van der Waals surface area contributed by atoms with Crippen LogP contribution in [-0.4, -0.2) is 26.0 Å². The first-order chi connectivity index (χ1) is 9.24. The van der Waals surface area contributed by atoms with E-state index in [2.05, 4.69) is 15.0 Å². The molecule has 0 saturated carbocycles. The summed E-state index contributed by atoms with van der Waals surface area (Å²) in [6, 6.07) is 10.6. The highest BCUT2D eigenvalue weighted by molar-refractivity contribution is 5.89. The summed E-state index contributed by atoms with van der Waals surface area (Å²) in [5.41, 5.74) is 2.53. The molecule has 0 unspecified atom stereocenters. The van der Waals surface area contributed by atoms with E-state index in [1.165, 1.54) is 0 Å². The zero-order chi connectivity index (χ0) is 13.2. The number of aromatic amines is 1. The number of carbonyl (C=O) groups is 1. The van der Waals surface area contributed by atoms with Crippen LogP contribution in [0, 0.1) is 0 Å². The van der Waals surface area contributed by atoms with Crippen molar-refractivity contribution in [2.24, 2.45) is 0 Å². The lowest BCUT2D eigenvalue weighted by Gasteiger charge is -2.03. The van der Waals surface area contributed by atoms with Crippen molar-refractivity contribution in [2.45, 2.75) is 6.42 Å². The molecule has 94 valence electrons. The lowest BCUT2D eigenvalue weighted by atomic mass is 10.0. The number of benzene rings is 1. The van der Waals surface area contributed by atoms with Gasteiger partial charge >= 0.3 is 5.97 Å². The standard InChI is InChI=1S/C14H11N3O2/c18-14(19)10-5-2-1-4-9(10)8-12-16-11-6-3-7-15-13(11)17-12/h1-7H,8H2,(H,18,19)(H,15,16,17). The second kappa shape index (κ2) is 4.53. The molecule has 1 aromatic carbocycles. The fourth-order valence-corrected chi connectivity index (χ4v) is 2.04. The number of nitrogens with one attached hydrogen (secondary N) is 1. The highest BCUT2D eigenvalue weighted by Gasteiger charge is 2.11. The van der Waals surface area contributed by atoms with E-state index < -0.39 is 5.97 Å². The third-order valence-electron chi connectivity index (χ3n) is 2.91. The van der Waals surface area contributed by atoms with Crippen LogP contribution in [0.2, 0.25) is 0 Å². The van der Waals surface area contributed by atoms with Gasteiger partial charge in [-0.1, -0.05) is 18.2 Å². The zero-order valence-electron chi connectivity index (χ0n) is 10.00. The summed E-state index contributed by atoms with van der Waals surface area (Å²) >= 11 is 0. The summed E-state index contributed by atoms with van der Waals surface area (Å²) in [7, 11) is 0. The molecule has 5 nitrogen and oxygen atoms in total. The Kier molecular flexibility index (Phi) is 2.72. The van der Waals surface area contributed by atoms with E-state index in [1.807, 2.05) is 18.2 Å². The molecule has 0 bridgehead atoms. The van der Waals surface area contributed by atoms with E-state index >= 15 is 0 Å². The Morgan fingerprint density at radius 2 is 2.05 bits per heavy atom. The van der Waals surface area contributed by atoms with Crippen molar-refractivity contribution in [2.75, 3.05) is 0 Å². The molecule has 0 aliphatic rings. The van der Waals surface area contributed by atoms with Gasteiger partial charge in [0.2, 0.25) is 0 Å². The Morgan fingerprint density at radius 1 is 1.21 bits per heavy atom. The maximum Gasteiger partial charge on any atom is 0.335 e. The molecule has 5 heteroatoms. The fraction of sp³-hybridized carbons (Fsp3) is 0.0714. The minimum absolute atomic E-state index is 0.302. The molecule has 0 aliphatic carbocycles. The van der Waals surface area contributed by atoms with Crippen LogP contribution in [0.4, 0.5) is 0 Å². The Morgan fingerprint density at radius 3 is 2.84 bits per heavy atom. The quantitative estimate of drug-likeness (QED) is 0.750. The number of hydrogen-bond acceptors (Lipinski definition) is 3. The number of carboxylic acid groups (broad SMARTS) is 1. The van der Waals surface area contributed by atoms with Crippen molar-refractivity contribution in [3.63, 3.8) is 0 Å². The van der Waals surface area contributed by atoms with Crippen LogP contribution in [0.5, 0.6) is 0 Å². The molecule has 0 radical (unpaired) electrons. The van der Waals surface area contributed by atoms with E-state index in [9.17, 15) is 4.79 Å². The largest absolute Gasteiger partial charge is 0.478 e. The Labute approximate surface area is 109 Å². The van der Waals surface area contributed by atoms with E-state index in [1.54, 1.807) is 24.4 Å². The van der Waals surface area contributed by atoms with Gasteiger partial charge in [0.05, 0.1) is 11.1 Å². The summed E-state index contributed by atoms with van der Waals surface area (Å²) in [5, 5.41) is 9.14. The number of fused-ring (bicyclic) bond motifs is 1. The van der Waals surface area contributed by atoms with E-state index in [0.29, 0.717) is 23.5 Å². The normalized spacial score (nSPS) is 10.7. The van der Waals surface area contributed by atoms with Gasteiger partial charge in [-0.15, -0.1) is 0 Å². The highest BCUT2D eigenvalue weighted by Crippen LogP contribution is 2.15. The van der Waals surface area contributed by atoms with Crippen LogP contribution in [0.3, 0.4) is 0 Å². The van der Waals surface area contributed by atoms with E-state index in [4.69, 9.17) is 5.11 Å². The van der Waals surface area contributed by atoms with Crippen molar-refractivity contribution < 1.29 is 9.90 Å². The average Bonchev–Trinajstić information content (AvgIpc) is 2.81. The molecule has 0 aliphatic heterocycles. The topological polar surface area (TPSA) is 78.9 Å². The van der Waals surface area contributed by atoms with Gasteiger partial charge in [-0.2, -0.15) is 0 Å². The van der Waals surface area contributed by atoms with Crippen LogP contribution in [0.15, 0.2) is 42.6 Å². The Bertz CT molecular complexity index is 716. The van der Waals surface area contributed by atoms with Gasteiger partial charge < -0.3 is 10.1 Å². The van der Waals surface area contributed by atoms with Gasteiger partial charge in [-0.25, -0.2) is 14.8 Å². The molecule has 3 aromatic rings. The number of pyridine rings is 1. The van der Waals surface area contributed by atoms with E-state index in [-0.39, 0.29) is 0 Å². The molecule has 0 amide bonds. The first-order valence-corrected chi connectivity index (χ1v) is 5.85. The number of nitrogens with zero attached hydrogens (tertiary/aromatic N) is 2. The highest BCUT2D eigenvalue weighted by atomic mass is 16.4. The van der Waals surface area contributed by atoms with E-state index in [0.717, 1.165) is 11.1 Å². The van der Waals surface area contributed by atoms with Crippen LogP contribution in [0.1, 0.15) is 21.7 Å². The van der Waals surface area contributed by atoms with Crippen LogP contribution >= 0.6 is 0 Å². The molecule has 0 atom stereocenters. The maximum absolute atomic E-state index is 11.1. The molecule has 0 spiro atoms. The van der Waals surface area contributed by atoms with Crippen LogP contribution in [-0.2, 0) is 6.42 Å². The van der Waals surface area contributed by atoms with Crippen molar-refractivity contribution in [1.29, 1.82) is 0 Å². The number of H-pyrrole nitrogens is 1. The number of carboxylic acids is 1. The van der Waals surface area contributed by atoms with Crippen molar-refractivity contribution in [3.05, 3.63) is 59.5 Å². The van der Waals surface area contributed by atoms with Gasteiger partial charge in [0.25, 0.3) is 0 Å². The molecule has 2 N–H and O–H groups in total. The average molecular weight is 253 g/mol. The number of rotatable bonds is 3. The van der Waals surface area contributed by atoms with Gasteiger partial charge in [0.1, 0.15) is 5.82 Å². The number of aromatic carboxylic acids is 1. The smallest absolute Gasteiger partial charge is 0.335 e. The lowest BCUT2D eigenvalue weighted by molar-refractivity contribution is 0.0696. The molecule has 3 rings (SSSR count). The summed E-state index contributed by atoms with van der Waals surface area (Å²) < 4.78 is 0. The van der Waals surface area contributed by atoms with Crippen molar-refractivity contribution in [1.82, 2.24) is 15.0 Å². The third-order valence-corrected chi connectivity index (χ3v) is 2.91. The fourth-order valence-electron chi connectivity index (χ4n) is 2.04. The van der Waals surface area contributed by atoms with Crippen molar-refractivity contribution >= 4 is 17.1 Å². The second-order valence-corrected chi connectivity index (χ2v) is 4.20. The van der Waals surface area contributed by atoms with Gasteiger partial charge in [0.15, 0.2) is 5.65 Å². The predicted octanol–water partition coefficient (Wildman–Crippen LogP) is 2.25. The molecular weight excluding hydrogens is 242 g/mol. The first kappa shape index (κ1) is 11.4. The monoisotopic (exact) mass is 253 g/mol. The lowest BCUT2D eigenvalue weighted by Crippen LogP contribution is -2.03. The minimum atomic E-state index is -0.926. The molecule has 2 heterocycles. The summed E-state index contributed by atoms with van der Waals surface area (Å²) in [4.78, 5) is 22.8. The SMILES string of the molecule is O=C(O)c1ccccc1Cc1nc2ncccc2[nH]1. The maximum atomic E-state index is 11.1. The zero-order valence-corrected chi connectivity index (χ0v) is 10.00. The number of aromatic nitrogens is 3.